The van der Waals surface area contributed by atoms with E-state index in [0.29, 0.717) is 23.4 Å². The van der Waals surface area contributed by atoms with Gasteiger partial charge in [-0.15, -0.1) is 0 Å². The van der Waals surface area contributed by atoms with Crippen LogP contribution in [0.5, 0.6) is 0 Å². The van der Waals surface area contributed by atoms with Gasteiger partial charge in [-0.2, -0.15) is 0 Å². The van der Waals surface area contributed by atoms with Crippen LogP contribution >= 0.6 is 0 Å². The van der Waals surface area contributed by atoms with E-state index in [1.165, 1.54) is 6.26 Å². The topological polar surface area (TPSA) is 74.1 Å². The lowest BCUT2D eigenvalue weighted by molar-refractivity contribution is 0.0497. The molecule has 1 aromatic heterocycles. The predicted molar refractivity (Wildman–Crippen MR) is 117 cm³/mol. The molecule has 3 aromatic rings. The molecule has 162 valence electrons. The van der Waals surface area contributed by atoms with Crippen molar-refractivity contribution in [1.29, 1.82) is 0 Å². The van der Waals surface area contributed by atoms with E-state index in [2.05, 4.69) is 4.90 Å². The monoisotopic (exact) mass is 429 g/mol. The molecule has 5 rings (SSSR count). The molecule has 0 N–H and O–H groups in total. The van der Waals surface area contributed by atoms with Gasteiger partial charge in [-0.3, -0.25) is 19.3 Å². The summed E-state index contributed by atoms with van der Waals surface area (Å²) in [7, 11) is 2.05. The fourth-order valence-corrected chi connectivity index (χ4v) is 4.41. The van der Waals surface area contributed by atoms with Gasteiger partial charge in [0.1, 0.15) is 5.76 Å². The number of hydrogen-bond acceptors (Lipinski definition) is 5. The standard InChI is InChI=1S/C25H23N3O4/c1-26-11-12-27(22(16-26)17-6-3-2-4-7-17)23(29)18-9-10-20-21(14-18)25(31)28(24(20)30)15-19-8-5-13-32-19/h2-10,13-14,22H,11-12,15-16H2,1H3/t22-/m0/s1. The van der Waals surface area contributed by atoms with E-state index in [1.54, 1.807) is 30.3 Å². The lowest BCUT2D eigenvalue weighted by atomic mass is 10.00. The van der Waals surface area contributed by atoms with E-state index >= 15 is 0 Å². The highest BCUT2D eigenvalue weighted by Crippen LogP contribution is 2.29. The van der Waals surface area contributed by atoms with E-state index in [4.69, 9.17) is 4.42 Å². The van der Waals surface area contributed by atoms with Crippen LogP contribution in [-0.2, 0) is 6.54 Å². The van der Waals surface area contributed by atoms with Crippen molar-refractivity contribution in [3.8, 4) is 0 Å². The van der Waals surface area contributed by atoms with Crippen LogP contribution in [0.15, 0.2) is 71.3 Å². The molecule has 0 saturated carbocycles. The zero-order chi connectivity index (χ0) is 22.2. The van der Waals surface area contributed by atoms with Gasteiger partial charge >= 0.3 is 0 Å². The Bertz CT molecular complexity index is 1170. The Hall–Kier alpha value is -3.71. The first-order valence-corrected chi connectivity index (χ1v) is 10.6. The number of likely N-dealkylation sites (N-methyl/N-ethyl adjacent to an activating group) is 1. The maximum atomic E-state index is 13.5. The molecule has 2 aromatic carbocycles. The molecule has 32 heavy (non-hydrogen) atoms. The van der Waals surface area contributed by atoms with Gasteiger partial charge < -0.3 is 14.2 Å². The van der Waals surface area contributed by atoms with Crippen molar-refractivity contribution >= 4 is 17.7 Å². The second-order valence-corrected chi connectivity index (χ2v) is 8.22. The molecule has 2 aliphatic rings. The molecule has 7 nitrogen and oxygen atoms in total. The molecule has 1 saturated heterocycles. The minimum atomic E-state index is -0.408. The minimum absolute atomic E-state index is 0.0666. The number of benzene rings is 2. The number of carbonyl (C=O) groups is 3. The highest BCUT2D eigenvalue weighted by Gasteiger charge is 2.37. The van der Waals surface area contributed by atoms with Gasteiger partial charge in [0.25, 0.3) is 17.7 Å². The van der Waals surface area contributed by atoms with Crippen molar-refractivity contribution in [3.63, 3.8) is 0 Å². The maximum Gasteiger partial charge on any atom is 0.261 e. The van der Waals surface area contributed by atoms with Crippen molar-refractivity contribution in [3.05, 3.63) is 94.9 Å². The van der Waals surface area contributed by atoms with E-state index < -0.39 is 5.91 Å². The normalized spacial score (nSPS) is 18.8. The first-order chi connectivity index (χ1) is 15.5. The smallest absolute Gasteiger partial charge is 0.261 e. The number of carbonyl (C=O) groups excluding carboxylic acids is 3. The number of amides is 3. The molecule has 7 heteroatoms. The van der Waals surface area contributed by atoms with Gasteiger partial charge in [-0.1, -0.05) is 30.3 Å². The van der Waals surface area contributed by atoms with E-state index in [0.717, 1.165) is 23.6 Å². The molecule has 2 aliphatic heterocycles. The second kappa shape index (κ2) is 8.09. The van der Waals surface area contributed by atoms with Gasteiger partial charge in [-0.05, 0) is 42.9 Å². The van der Waals surface area contributed by atoms with Crippen LogP contribution < -0.4 is 0 Å². The first kappa shape index (κ1) is 20.2. The third-order valence-corrected chi connectivity index (χ3v) is 6.14. The predicted octanol–water partition coefficient (Wildman–Crippen LogP) is 3.20. The summed E-state index contributed by atoms with van der Waals surface area (Å²) in [4.78, 5) is 44.4. The Kier molecular flexibility index (Phi) is 5.11. The summed E-state index contributed by atoms with van der Waals surface area (Å²) in [5.74, 6) is -0.394. The number of furan rings is 1. The highest BCUT2D eigenvalue weighted by atomic mass is 16.3. The summed E-state index contributed by atoms with van der Waals surface area (Å²) in [5, 5.41) is 0. The van der Waals surface area contributed by atoms with Crippen LogP contribution in [0.3, 0.4) is 0 Å². The Morgan fingerprint density at radius 2 is 1.75 bits per heavy atom. The molecule has 0 radical (unpaired) electrons. The number of imide groups is 1. The number of rotatable bonds is 4. The average Bonchev–Trinajstić information content (AvgIpc) is 3.42. The first-order valence-electron chi connectivity index (χ1n) is 10.6. The van der Waals surface area contributed by atoms with Crippen molar-refractivity contribution in [1.82, 2.24) is 14.7 Å². The van der Waals surface area contributed by atoms with E-state index in [9.17, 15) is 14.4 Å². The van der Waals surface area contributed by atoms with Crippen molar-refractivity contribution in [2.75, 3.05) is 26.7 Å². The largest absolute Gasteiger partial charge is 0.467 e. The molecule has 0 spiro atoms. The number of hydrogen-bond donors (Lipinski definition) is 0. The van der Waals surface area contributed by atoms with Crippen molar-refractivity contribution in [2.24, 2.45) is 0 Å². The Morgan fingerprint density at radius 3 is 2.50 bits per heavy atom. The van der Waals surface area contributed by atoms with Crippen LogP contribution in [0.25, 0.3) is 0 Å². The summed E-state index contributed by atoms with van der Waals surface area (Å²) in [6, 6.07) is 18.1. The second-order valence-electron chi connectivity index (χ2n) is 8.22. The van der Waals surface area contributed by atoms with Gasteiger partial charge in [0.15, 0.2) is 0 Å². The molecule has 0 unspecified atom stereocenters. The van der Waals surface area contributed by atoms with Gasteiger partial charge in [-0.25, -0.2) is 0 Å². The number of nitrogens with zero attached hydrogens (tertiary/aromatic N) is 3. The van der Waals surface area contributed by atoms with Crippen LogP contribution in [0.1, 0.15) is 48.4 Å². The van der Waals surface area contributed by atoms with Gasteiger partial charge in [0.2, 0.25) is 0 Å². The minimum Gasteiger partial charge on any atom is -0.467 e. The molecular weight excluding hydrogens is 406 g/mol. The highest BCUT2D eigenvalue weighted by molar-refractivity contribution is 6.22. The summed E-state index contributed by atoms with van der Waals surface area (Å²) < 4.78 is 5.28. The zero-order valence-corrected chi connectivity index (χ0v) is 17.7. The summed E-state index contributed by atoms with van der Waals surface area (Å²) in [5.41, 5.74) is 2.06. The molecule has 3 amide bonds. The Balaban J connectivity index is 1.43. The summed E-state index contributed by atoms with van der Waals surface area (Å²) in [6.07, 6.45) is 1.50. The SMILES string of the molecule is CN1CCN(C(=O)c2ccc3c(c2)C(=O)N(Cc2ccco2)C3=O)[C@H](c2ccccc2)C1. The molecular formula is C25H23N3O4. The molecule has 0 aliphatic carbocycles. The van der Waals surface area contributed by atoms with Crippen LogP contribution in [0, 0.1) is 0 Å². The lowest BCUT2D eigenvalue weighted by Crippen LogP contribution is -2.49. The summed E-state index contributed by atoms with van der Waals surface area (Å²) in [6.45, 7) is 2.16. The quantitative estimate of drug-likeness (QED) is 0.596. The molecule has 1 atom stereocenters. The van der Waals surface area contributed by atoms with Crippen LogP contribution in [0.2, 0.25) is 0 Å². The number of piperazine rings is 1. The van der Waals surface area contributed by atoms with E-state index in [-0.39, 0.29) is 30.0 Å². The maximum absolute atomic E-state index is 13.5. The molecule has 3 heterocycles. The average molecular weight is 429 g/mol. The third-order valence-electron chi connectivity index (χ3n) is 6.14. The number of fused-ring (bicyclic) bond motifs is 1. The fraction of sp³-hybridized carbons (Fsp3) is 0.240. The van der Waals surface area contributed by atoms with E-state index in [1.807, 2.05) is 42.3 Å². The van der Waals surface area contributed by atoms with Crippen molar-refractivity contribution < 1.29 is 18.8 Å². The van der Waals surface area contributed by atoms with Gasteiger partial charge in [0, 0.05) is 25.2 Å². The lowest BCUT2D eigenvalue weighted by Gasteiger charge is -2.40. The Labute approximate surface area is 185 Å². The molecule has 1 fully saturated rings. The van der Waals surface area contributed by atoms with Gasteiger partial charge in [0.05, 0.1) is 30.0 Å². The van der Waals surface area contributed by atoms with Crippen LogP contribution in [-0.4, -0.2) is 59.1 Å². The zero-order valence-electron chi connectivity index (χ0n) is 17.7. The summed E-state index contributed by atoms with van der Waals surface area (Å²) >= 11 is 0. The Morgan fingerprint density at radius 1 is 0.969 bits per heavy atom. The van der Waals surface area contributed by atoms with Crippen LogP contribution in [0.4, 0.5) is 0 Å². The van der Waals surface area contributed by atoms with Crippen molar-refractivity contribution in [2.45, 2.75) is 12.6 Å². The third kappa shape index (κ3) is 3.50. The molecule has 0 bridgehead atoms. The fourth-order valence-electron chi connectivity index (χ4n) is 4.41.